The third-order valence-electron chi connectivity index (χ3n) is 10.3. The molecule has 8 aromatic rings. The van der Waals surface area contributed by atoms with E-state index in [2.05, 4.69) is 62.3 Å². The van der Waals surface area contributed by atoms with E-state index >= 15 is 0 Å². The van der Waals surface area contributed by atoms with Gasteiger partial charge in [0.25, 0.3) is 0 Å². The van der Waals surface area contributed by atoms with Gasteiger partial charge in [-0.05, 0) is 112 Å². The first-order valence-corrected chi connectivity index (χ1v) is 21.3. The van der Waals surface area contributed by atoms with E-state index in [1.165, 1.54) is 0 Å². The van der Waals surface area contributed by atoms with Crippen molar-refractivity contribution in [2.24, 2.45) is 14.1 Å². The summed E-state index contributed by atoms with van der Waals surface area (Å²) in [7, 11) is 7.73. The van der Waals surface area contributed by atoms with Crippen LogP contribution in [0.4, 0.5) is 57.7 Å². The highest BCUT2D eigenvalue weighted by Crippen LogP contribution is 2.30. The molecule has 20 heteroatoms. The van der Waals surface area contributed by atoms with Gasteiger partial charge in [0.1, 0.15) is 11.6 Å². The lowest BCUT2D eigenvalue weighted by molar-refractivity contribution is 0.541. The van der Waals surface area contributed by atoms with Gasteiger partial charge < -0.3 is 39.0 Å². The van der Waals surface area contributed by atoms with Crippen molar-refractivity contribution in [3.8, 4) is 0 Å². The molecule has 0 saturated carbocycles. The smallest absolute Gasteiger partial charge is 0.229 e. The van der Waals surface area contributed by atoms with Crippen LogP contribution in [0, 0.1) is 27.7 Å². The maximum Gasteiger partial charge on any atom is 0.229 e. The fourth-order valence-corrected chi connectivity index (χ4v) is 7.37. The Labute approximate surface area is 370 Å². The third-order valence-corrected chi connectivity index (χ3v) is 11.1. The van der Waals surface area contributed by atoms with Crippen LogP contribution in [0.15, 0.2) is 97.3 Å². The third kappa shape index (κ3) is 10.6. The molecule has 0 saturated heterocycles. The van der Waals surface area contributed by atoms with E-state index < -0.39 is 22.5 Å². The van der Waals surface area contributed by atoms with Crippen LogP contribution in [-0.4, -0.2) is 71.1 Å². The molecule has 4 aromatic carbocycles. The molecule has 4 N–H and O–H groups in total. The lowest BCUT2D eigenvalue weighted by atomic mass is 10.2. The van der Waals surface area contributed by atoms with Gasteiger partial charge in [-0.3, -0.25) is 17.8 Å². The van der Waals surface area contributed by atoms with Gasteiger partial charge in [0.2, 0.25) is 11.9 Å². The zero-order valence-electron chi connectivity index (χ0n) is 35.2. The van der Waals surface area contributed by atoms with Crippen molar-refractivity contribution in [1.82, 2.24) is 39.5 Å². The second kappa shape index (κ2) is 19.4. The van der Waals surface area contributed by atoms with E-state index in [0.717, 1.165) is 55.7 Å². The van der Waals surface area contributed by atoms with Crippen molar-refractivity contribution >= 4 is 102 Å². The van der Waals surface area contributed by atoms with Crippen molar-refractivity contribution in [2.75, 3.05) is 44.0 Å². The van der Waals surface area contributed by atoms with Crippen molar-refractivity contribution in [2.45, 2.75) is 35.1 Å². The molecule has 4 aromatic heterocycles. The van der Waals surface area contributed by atoms with Crippen LogP contribution in [-0.2, 0) is 36.6 Å². The van der Waals surface area contributed by atoms with Gasteiger partial charge in [-0.2, -0.15) is 20.2 Å². The second-order valence-electron chi connectivity index (χ2n) is 14.4. The number of hydrogen-bond acceptors (Lipinski definition) is 14. The maximum atomic E-state index is 11.0. The molecular weight excluding hydrogens is 841 g/mol. The van der Waals surface area contributed by atoms with E-state index in [4.69, 9.17) is 0 Å². The zero-order valence-corrected chi connectivity index (χ0v) is 36.8. The Balaban J connectivity index is 0.000000206. The molecule has 0 aliphatic carbocycles. The molecular formula is C43H48N14O4S2-2. The summed E-state index contributed by atoms with van der Waals surface area (Å²) in [5.41, 5.74) is 9.93. The molecule has 2 atom stereocenters. The van der Waals surface area contributed by atoms with Gasteiger partial charge >= 0.3 is 0 Å². The molecule has 0 amide bonds. The summed E-state index contributed by atoms with van der Waals surface area (Å²) < 4.78 is 52.4. The van der Waals surface area contributed by atoms with E-state index in [1.807, 2.05) is 136 Å². The van der Waals surface area contributed by atoms with Crippen LogP contribution >= 0.6 is 0 Å². The summed E-state index contributed by atoms with van der Waals surface area (Å²) in [6, 6.07) is 26.6. The van der Waals surface area contributed by atoms with Gasteiger partial charge in [-0.25, -0.2) is 9.97 Å². The Hall–Kier alpha value is -7.00. The fraction of sp³-hybridized carbons (Fsp3) is 0.209. The van der Waals surface area contributed by atoms with Crippen LogP contribution in [0.5, 0.6) is 0 Å². The first kappa shape index (κ1) is 45.5. The zero-order chi connectivity index (χ0) is 44.2. The Bertz CT molecular complexity index is 2780. The van der Waals surface area contributed by atoms with Crippen LogP contribution < -0.4 is 29.9 Å². The van der Waals surface area contributed by atoms with Crippen LogP contribution in [0.2, 0.25) is 0 Å². The van der Waals surface area contributed by atoms with E-state index in [1.54, 1.807) is 24.5 Å². The van der Waals surface area contributed by atoms with E-state index in [9.17, 15) is 17.5 Å². The Morgan fingerprint density at radius 2 is 0.968 bits per heavy atom. The summed E-state index contributed by atoms with van der Waals surface area (Å²) >= 11 is -4.79. The van der Waals surface area contributed by atoms with Gasteiger partial charge in [-0.15, -0.1) is 0 Å². The van der Waals surface area contributed by atoms with Gasteiger partial charge in [0, 0.05) is 108 Å². The van der Waals surface area contributed by atoms with Crippen molar-refractivity contribution < 1.29 is 17.5 Å². The molecule has 0 spiro atoms. The second-order valence-corrected chi connectivity index (χ2v) is 15.7. The molecule has 4 heterocycles. The maximum absolute atomic E-state index is 11.0. The number of aromatic nitrogens is 8. The molecule has 328 valence electrons. The molecule has 0 bridgehead atoms. The van der Waals surface area contributed by atoms with Gasteiger partial charge in [0.05, 0.1) is 22.4 Å². The first-order valence-electron chi connectivity index (χ1n) is 19.1. The lowest BCUT2D eigenvalue weighted by Crippen LogP contribution is -2.12. The van der Waals surface area contributed by atoms with Crippen molar-refractivity contribution in [3.05, 3.63) is 120 Å². The summed E-state index contributed by atoms with van der Waals surface area (Å²) in [6.45, 7) is 7.74. The molecule has 0 fully saturated rings. The average Bonchev–Trinajstić information content (AvgIpc) is 3.70. The van der Waals surface area contributed by atoms with Crippen molar-refractivity contribution in [3.63, 3.8) is 0 Å². The Morgan fingerprint density at radius 1 is 0.571 bits per heavy atom. The number of benzene rings is 4. The number of aryl methyl sites for hydroxylation is 6. The summed E-state index contributed by atoms with van der Waals surface area (Å²) in [5.74, 6) is 2.21. The quantitative estimate of drug-likeness (QED) is 0.0853. The normalized spacial score (nSPS) is 11.8. The van der Waals surface area contributed by atoms with E-state index in [-0.39, 0.29) is 7.43 Å². The van der Waals surface area contributed by atoms with Gasteiger partial charge in [0.15, 0.2) is 0 Å². The standard InChI is InChI=1S/2C21H23N7O2S.CH4/c2*1-13-5-6-15(11-18(13)26-31(29)30)23-21-22-10-9-20(24-21)27(3)16-7-8-17-14(2)28(4)25-19(17)12-16;/h2*5-12,26H,1-4H3,(H,29,30)(H,22,23,24);1H4/p-2. The molecule has 0 radical (unpaired) electrons. The van der Waals surface area contributed by atoms with Crippen LogP contribution in [0.3, 0.4) is 0 Å². The predicted octanol–water partition coefficient (Wildman–Crippen LogP) is 8.03. The van der Waals surface area contributed by atoms with E-state index in [0.29, 0.717) is 46.3 Å². The number of fused-ring (bicyclic) bond motifs is 2. The average molecular weight is 889 g/mol. The number of hydrogen-bond donors (Lipinski definition) is 4. The lowest BCUT2D eigenvalue weighted by Gasteiger charge is -2.19. The monoisotopic (exact) mass is 888 g/mol. The molecule has 18 nitrogen and oxygen atoms in total. The number of rotatable bonds is 12. The van der Waals surface area contributed by atoms with Crippen molar-refractivity contribution in [1.29, 1.82) is 0 Å². The number of nitrogens with one attached hydrogen (secondary N) is 4. The first-order chi connectivity index (χ1) is 29.6. The SMILES string of the molecule is C.Cc1ccc(Nc2nccc(N(C)c3ccc4c(C)n(C)nc4c3)n2)cc1NS(=O)[O-].Cc1ccc(Nc2nccc(N(C)c3ccc4c(C)n(C)nc4c3)n2)cc1NS(=O)[O-]. The highest BCUT2D eigenvalue weighted by molar-refractivity contribution is 7.80. The summed E-state index contributed by atoms with van der Waals surface area (Å²) in [5, 5.41) is 17.6. The number of nitrogens with zero attached hydrogens (tertiary/aromatic N) is 10. The number of anilines is 10. The minimum absolute atomic E-state index is 0. The fourth-order valence-electron chi connectivity index (χ4n) is 6.57. The van der Waals surface area contributed by atoms with Crippen LogP contribution in [0.25, 0.3) is 21.8 Å². The largest absolute Gasteiger partial charge is 0.755 e. The summed E-state index contributed by atoms with van der Waals surface area (Å²) in [6.07, 6.45) is 3.34. The minimum Gasteiger partial charge on any atom is -0.755 e. The molecule has 63 heavy (non-hydrogen) atoms. The Kier molecular flexibility index (Phi) is 14.0. The molecule has 0 aliphatic rings. The highest BCUT2D eigenvalue weighted by Gasteiger charge is 2.14. The molecule has 2 unspecified atom stereocenters. The highest BCUT2D eigenvalue weighted by atomic mass is 32.2. The van der Waals surface area contributed by atoms with Gasteiger partial charge in [-0.1, -0.05) is 19.6 Å². The Morgan fingerprint density at radius 3 is 1.35 bits per heavy atom. The molecule has 8 rings (SSSR count). The van der Waals surface area contributed by atoms with Crippen LogP contribution in [0.1, 0.15) is 29.9 Å². The summed E-state index contributed by atoms with van der Waals surface area (Å²) in [4.78, 5) is 21.7. The minimum atomic E-state index is -2.40. The predicted molar refractivity (Wildman–Crippen MR) is 252 cm³/mol. The molecule has 0 aliphatic heterocycles. The topological polar surface area (TPSA) is 222 Å².